The predicted octanol–water partition coefficient (Wildman–Crippen LogP) is 1.34. The third kappa shape index (κ3) is 4.77. The van der Waals surface area contributed by atoms with Crippen LogP contribution in [0, 0.1) is 5.92 Å². The van der Waals surface area contributed by atoms with E-state index in [9.17, 15) is 8.42 Å². The Kier molecular flexibility index (Phi) is 7.08. The Balaban J connectivity index is 0.00000324. The lowest BCUT2D eigenvalue weighted by molar-refractivity contribution is 0.351. The first-order valence-corrected chi connectivity index (χ1v) is 8.03. The van der Waals surface area contributed by atoms with Gasteiger partial charge in [-0.05, 0) is 19.8 Å². The summed E-state index contributed by atoms with van der Waals surface area (Å²) in [5, 5.41) is 3.28. The zero-order valence-corrected chi connectivity index (χ0v) is 15.6. The Morgan fingerprint density at radius 2 is 2.00 bits per heavy atom. The molecule has 0 bridgehead atoms. The summed E-state index contributed by atoms with van der Waals surface area (Å²) in [5.74, 6) is 1.53. The standard InChI is InChI=1S/C12H25N3O2S.HI/c1-10(2)8-14-11(13-5)15-6-7-18(16,17)12(3,4)9-15;/h10H,6-9H2,1-5H3,(H,13,14);1H. The first-order chi connectivity index (χ1) is 8.19. The van der Waals surface area contributed by atoms with Gasteiger partial charge < -0.3 is 10.2 Å². The number of rotatable bonds is 2. The molecule has 1 fully saturated rings. The maximum atomic E-state index is 11.9. The van der Waals surface area contributed by atoms with E-state index in [1.54, 1.807) is 20.9 Å². The third-order valence-electron chi connectivity index (χ3n) is 3.22. The molecule has 1 N–H and O–H groups in total. The zero-order valence-electron chi connectivity index (χ0n) is 12.4. The molecule has 7 heteroatoms. The van der Waals surface area contributed by atoms with Crippen LogP contribution in [0.1, 0.15) is 27.7 Å². The highest BCUT2D eigenvalue weighted by Crippen LogP contribution is 2.23. The molecule has 0 aromatic heterocycles. The smallest absolute Gasteiger partial charge is 0.193 e. The van der Waals surface area contributed by atoms with E-state index in [0.29, 0.717) is 19.0 Å². The number of hydrogen-bond acceptors (Lipinski definition) is 3. The van der Waals surface area contributed by atoms with Gasteiger partial charge in [0.25, 0.3) is 0 Å². The molecule has 114 valence electrons. The van der Waals surface area contributed by atoms with Gasteiger partial charge in [0.1, 0.15) is 0 Å². The van der Waals surface area contributed by atoms with E-state index in [-0.39, 0.29) is 29.7 Å². The Morgan fingerprint density at radius 3 is 2.42 bits per heavy atom. The molecular formula is C12H26IN3O2S. The molecule has 0 unspecified atom stereocenters. The molecule has 0 spiro atoms. The van der Waals surface area contributed by atoms with Gasteiger partial charge >= 0.3 is 0 Å². The Morgan fingerprint density at radius 1 is 1.42 bits per heavy atom. The first kappa shape index (κ1) is 18.9. The molecule has 1 rings (SSSR count). The number of hydrogen-bond donors (Lipinski definition) is 1. The Bertz CT molecular complexity index is 419. The van der Waals surface area contributed by atoms with Gasteiger partial charge in [-0.15, -0.1) is 24.0 Å². The van der Waals surface area contributed by atoms with Crippen molar-refractivity contribution in [3.05, 3.63) is 0 Å². The van der Waals surface area contributed by atoms with E-state index in [1.807, 2.05) is 4.90 Å². The molecule has 1 saturated heterocycles. The molecule has 19 heavy (non-hydrogen) atoms. The average Bonchev–Trinajstić information content (AvgIpc) is 2.23. The molecule has 0 amide bonds. The van der Waals surface area contributed by atoms with Gasteiger partial charge in [-0.1, -0.05) is 13.8 Å². The summed E-state index contributed by atoms with van der Waals surface area (Å²) in [5.41, 5.74) is 0. The van der Waals surface area contributed by atoms with Crippen molar-refractivity contribution in [1.82, 2.24) is 10.2 Å². The monoisotopic (exact) mass is 403 g/mol. The normalized spacial score (nSPS) is 22.0. The van der Waals surface area contributed by atoms with Crippen LogP contribution in [0.5, 0.6) is 0 Å². The van der Waals surface area contributed by atoms with Gasteiger partial charge in [0, 0.05) is 26.7 Å². The highest BCUT2D eigenvalue weighted by molar-refractivity contribution is 14.0. The number of halogens is 1. The van der Waals surface area contributed by atoms with E-state index >= 15 is 0 Å². The van der Waals surface area contributed by atoms with Crippen molar-refractivity contribution in [3.63, 3.8) is 0 Å². The minimum Gasteiger partial charge on any atom is -0.356 e. The van der Waals surface area contributed by atoms with Crippen molar-refractivity contribution in [3.8, 4) is 0 Å². The van der Waals surface area contributed by atoms with Crippen molar-refractivity contribution < 1.29 is 8.42 Å². The number of aliphatic imine (C=N–C) groups is 1. The quantitative estimate of drug-likeness (QED) is 0.430. The topological polar surface area (TPSA) is 61.8 Å². The SMILES string of the molecule is CN=C(NCC(C)C)N1CCS(=O)(=O)C(C)(C)C1.I. The fourth-order valence-electron chi connectivity index (χ4n) is 1.95. The van der Waals surface area contributed by atoms with E-state index in [2.05, 4.69) is 24.2 Å². The van der Waals surface area contributed by atoms with E-state index in [0.717, 1.165) is 12.5 Å². The van der Waals surface area contributed by atoms with Crippen molar-refractivity contribution in [2.45, 2.75) is 32.4 Å². The largest absolute Gasteiger partial charge is 0.356 e. The molecule has 0 radical (unpaired) electrons. The lowest BCUT2D eigenvalue weighted by Gasteiger charge is -2.39. The van der Waals surface area contributed by atoms with Crippen LogP contribution in [-0.2, 0) is 9.84 Å². The molecule has 0 aromatic carbocycles. The third-order valence-corrected chi connectivity index (χ3v) is 5.76. The molecule has 0 atom stereocenters. The highest BCUT2D eigenvalue weighted by atomic mass is 127. The predicted molar refractivity (Wildman–Crippen MR) is 91.1 cm³/mol. The minimum atomic E-state index is -2.99. The first-order valence-electron chi connectivity index (χ1n) is 6.37. The van der Waals surface area contributed by atoms with E-state index < -0.39 is 14.6 Å². The summed E-state index contributed by atoms with van der Waals surface area (Å²) in [6, 6.07) is 0. The zero-order chi connectivity index (χ0) is 14.0. The van der Waals surface area contributed by atoms with Crippen LogP contribution in [0.2, 0.25) is 0 Å². The van der Waals surface area contributed by atoms with Crippen molar-refractivity contribution in [1.29, 1.82) is 0 Å². The van der Waals surface area contributed by atoms with Crippen molar-refractivity contribution in [2.24, 2.45) is 10.9 Å². The molecule has 1 aliphatic heterocycles. The van der Waals surface area contributed by atoms with Gasteiger partial charge in [-0.3, -0.25) is 4.99 Å². The summed E-state index contributed by atoms with van der Waals surface area (Å²) in [6.07, 6.45) is 0. The maximum absolute atomic E-state index is 11.9. The lowest BCUT2D eigenvalue weighted by Crippen LogP contribution is -2.57. The Hall–Kier alpha value is -0.0500. The summed E-state index contributed by atoms with van der Waals surface area (Å²) in [7, 11) is -1.26. The van der Waals surface area contributed by atoms with Gasteiger partial charge in [0.2, 0.25) is 0 Å². The molecule has 1 heterocycles. The summed E-state index contributed by atoms with van der Waals surface area (Å²) in [6.45, 7) is 9.68. The van der Waals surface area contributed by atoms with Gasteiger partial charge in [-0.25, -0.2) is 8.42 Å². The number of nitrogens with zero attached hydrogens (tertiary/aromatic N) is 2. The average molecular weight is 403 g/mol. The van der Waals surface area contributed by atoms with Crippen molar-refractivity contribution >= 4 is 39.8 Å². The fourth-order valence-corrected chi connectivity index (χ4v) is 3.32. The second-order valence-corrected chi connectivity index (χ2v) is 8.56. The molecule has 0 aliphatic carbocycles. The van der Waals surface area contributed by atoms with E-state index in [1.165, 1.54) is 0 Å². The van der Waals surface area contributed by atoms with Crippen LogP contribution in [0.25, 0.3) is 0 Å². The van der Waals surface area contributed by atoms with Crippen LogP contribution in [0.4, 0.5) is 0 Å². The summed E-state index contributed by atoms with van der Waals surface area (Å²) < 4.78 is 23.2. The van der Waals surface area contributed by atoms with Gasteiger partial charge in [0.05, 0.1) is 10.5 Å². The number of sulfone groups is 1. The molecule has 0 aromatic rings. The van der Waals surface area contributed by atoms with Crippen LogP contribution in [0.15, 0.2) is 4.99 Å². The maximum Gasteiger partial charge on any atom is 0.193 e. The summed E-state index contributed by atoms with van der Waals surface area (Å²) >= 11 is 0. The van der Waals surface area contributed by atoms with Gasteiger partial charge in [0.15, 0.2) is 15.8 Å². The van der Waals surface area contributed by atoms with Crippen LogP contribution in [0.3, 0.4) is 0 Å². The minimum absolute atomic E-state index is 0. The van der Waals surface area contributed by atoms with Gasteiger partial charge in [-0.2, -0.15) is 0 Å². The molecule has 1 aliphatic rings. The fraction of sp³-hybridized carbons (Fsp3) is 0.917. The van der Waals surface area contributed by atoms with Crippen LogP contribution < -0.4 is 5.32 Å². The lowest BCUT2D eigenvalue weighted by atomic mass is 10.2. The van der Waals surface area contributed by atoms with Crippen molar-refractivity contribution in [2.75, 3.05) is 32.4 Å². The second-order valence-electron chi connectivity index (χ2n) is 5.82. The number of guanidine groups is 1. The van der Waals surface area contributed by atoms with E-state index in [4.69, 9.17) is 0 Å². The molecular weight excluding hydrogens is 377 g/mol. The molecule has 5 nitrogen and oxygen atoms in total. The van der Waals surface area contributed by atoms with Crippen LogP contribution in [-0.4, -0.2) is 56.5 Å². The summed E-state index contributed by atoms with van der Waals surface area (Å²) in [4.78, 5) is 6.26. The highest BCUT2D eigenvalue weighted by Gasteiger charge is 2.40. The van der Waals surface area contributed by atoms with Crippen LogP contribution >= 0.6 is 24.0 Å². The molecule has 0 saturated carbocycles. The second kappa shape index (κ2) is 7.10. The Labute approximate surface area is 134 Å². The number of nitrogens with one attached hydrogen (secondary N) is 1.